The van der Waals surface area contributed by atoms with E-state index in [0.29, 0.717) is 6.42 Å². The van der Waals surface area contributed by atoms with E-state index < -0.39 is 0 Å². The monoisotopic (exact) mass is 335 g/mol. The summed E-state index contributed by atoms with van der Waals surface area (Å²) >= 11 is 0. The number of fused-ring (bicyclic) bond motifs is 1. The topological polar surface area (TPSA) is 32.7 Å². The largest absolute Gasteiger partial charge is 0.497 e. The van der Waals surface area contributed by atoms with Gasteiger partial charge in [0.25, 0.3) is 0 Å². The van der Waals surface area contributed by atoms with Gasteiger partial charge in [0.1, 0.15) is 5.75 Å². The minimum absolute atomic E-state index is 0.171. The maximum atomic E-state index is 9.55. The average Bonchev–Trinajstić information content (AvgIpc) is 2.66. The van der Waals surface area contributed by atoms with Crippen molar-refractivity contribution < 1.29 is 9.84 Å². The second-order valence-corrected chi connectivity index (χ2v) is 6.40. The molecule has 1 atom stereocenters. The van der Waals surface area contributed by atoms with E-state index in [1.54, 1.807) is 7.11 Å². The number of aliphatic hydroxyl groups excluding tert-OH is 1. The van der Waals surface area contributed by atoms with Crippen molar-refractivity contribution in [3.05, 3.63) is 77.9 Å². The van der Waals surface area contributed by atoms with Crippen molar-refractivity contribution in [2.45, 2.75) is 19.0 Å². The van der Waals surface area contributed by atoms with Crippen molar-refractivity contribution in [2.24, 2.45) is 0 Å². The van der Waals surface area contributed by atoms with E-state index in [1.165, 1.54) is 16.5 Å². The smallest absolute Gasteiger partial charge is 0.119 e. The van der Waals surface area contributed by atoms with Crippen LogP contribution in [0.1, 0.15) is 23.6 Å². The van der Waals surface area contributed by atoms with Crippen LogP contribution >= 0.6 is 0 Å². The minimum atomic E-state index is 0.171. The predicted octanol–water partition coefficient (Wildman–Crippen LogP) is 4.40. The van der Waals surface area contributed by atoms with Gasteiger partial charge in [-0.1, -0.05) is 48.5 Å². The van der Waals surface area contributed by atoms with E-state index in [0.717, 1.165) is 17.7 Å². The number of ether oxygens (including phenoxy) is 1. The average molecular weight is 335 g/mol. The van der Waals surface area contributed by atoms with Crippen LogP contribution in [0.25, 0.3) is 10.8 Å². The molecular formula is C22H25NO2. The van der Waals surface area contributed by atoms with Gasteiger partial charge in [-0.3, -0.25) is 4.90 Å². The minimum Gasteiger partial charge on any atom is -0.497 e. The third-order valence-corrected chi connectivity index (χ3v) is 4.67. The highest BCUT2D eigenvalue weighted by atomic mass is 16.5. The van der Waals surface area contributed by atoms with Gasteiger partial charge in [0.05, 0.1) is 7.11 Å². The summed E-state index contributed by atoms with van der Waals surface area (Å²) in [7, 11) is 3.80. The molecule has 0 fully saturated rings. The lowest BCUT2D eigenvalue weighted by molar-refractivity contribution is 0.180. The van der Waals surface area contributed by atoms with Crippen LogP contribution < -0.4 is 4.74 Å². The molecule has 3 heteroatoms. The summed E-state index contributed by atoms with van der Waals surface area (Å²) < 4.78 is 5.30. The van der Waals surface area contributed by atoms with E-state index in [2.05, 4.69) is 60.5 Å². The van der Waals surface area contributed by atoms with Crippen LogP contribution in [0.3, 0.4) is 0 Å². The number of hydrogen-bond acceptors (Lipinski definition) is 3. The summed E-state index contributed by atoms with van der Waals surface area (Å²) in [5.41, 5.74) is 2.50. The first kappa shape index (κ1) is 17.5. The van der Waals surface area contributed by atoms with Gasteiger partial charge >= 0.3 is 0 Å². The zero-order valence-electron chi connectivity index (χ0n) is 14.9. The molecule has 3 aromatic rings. The van der Waals surface area contributed by atoms with Crippen LogP contribution in [0.2, 0.25) is 0 Å². The summed E-state index contributed by atoms with van der Waals surface area (Å²) in [4.78, 5) is 2.30. The van der Waals surface area contributed by atoms with Crippen molar-refractivity contribution in [1.29, 1.82) is 0 Å². The van der Waals surface area contributed by atoms with E-state index >= 15 is 0 Å². The summed E-state index contributed by atoms with van der Waals surface area (Å²) in [5, 5.41) is 11.9. The molecule has 3 nitrogen and oxygen atoms in total. The Bertz CT molecular complexity index is 817. The van der Waals surface area contributed by atoms with E-state index in [1.807, 2.05) is 18.2 Å². The number of hydrogen-bond donors (Lipinski definition) is 1. The molecule has 0 heterocycles. The molecule has 0 aliphatic rings. The molecule has 25 heavy (non-hydrogen) atoms. The lowest BCUT2D eigenvalue weighted by atomic mass is 9.98. The van der Waals surface area contributed by atoms with Gasteiger partial charge in [0, 0.05) is 19.2 Å². The Kier molecular flexibility index (Phi) is 5.69. The molecule has 0 radical (unpaired) electrons. The Labute approximate surface area is 149 Å². The molecule has 1 unspecified atom stereocenters. The van der Waals surface area contributed by atoms with E-state index in [-0.39, 0.29) is 12.6 Å². The lowest BCUT2D eigenvalue weighted by Gasteiger charge is -2.28. The fraction of sp³-hybridized carbons (Fsp3) is 0.273. The van der Waals surface area contributed by atoms with Gasteiger partial charge in [-0.15, -0.1) is 0 Å². The van der Waals surface area contributed by atoms with Crippen molar-refractivity contribution in [2.75, 3.05) is 20.8 Å². The molecule has 0 saturated heterocycles. The fourth-order valence-corrected chi connectivity index (χ4v) is 3.32. The normalized spacial score (nSPS) is 12.5. The fourth-order valence-electron chi connectivity index (χ4n) is 3.32. The SMILES string of the molecule is COc1ccc2cc(C(CCO)N(C)Cc3ccccc3)ccc2c1. The highest BCUT2D eigenvalue weighted by molar-refractivity contribution is 5.84. The maximum absolute atomic E-state index is 9.55. The van der Waals surface area contributed by atoms with Crippen LogP contribution in [0, 0.1) is 0 Å². The van der Waals surface area contributed by atoms with Crippen molar-refractivity contribution in [1.82, 2.24) is 4.90 Å². The summed E-state index contributed by atoms with van der Waals surface area (Å²) in [5.74, 6) is 0.869. The van der Waals surface area contributed by atoms with E-state index in [4.69, 9.17) is 4.74 Å². The molecule has 0 saturated carbocycles. The Morgan fingerprint density at radius 3 is 2.40 bits per heavy atom. The number of aliphatic hydroxyl groups is 1. The molecule has 0 amide bonds. The quantitative estimate of drug-likeness (QED) is 0.694. The maximum Gasteiger partial charge on any atom is 0.119 e. The molecular weight excluding hydrogens is 310 g/mol. The van der Waals surface area contributed by atoms with Gasteiger partial charge in [-0.25, -0.2) is 0 Å². The Balaban J connectivity index is 1.87. The standard InChI is InChI=1S/C22H25NO2/c1-23(16-17-6-4-3-5-7-17)22(12-13-24)20-9-8-19-15-21(25-2)11-10-18(19)14-20/h3-11,14-15,22,24H,12-13,16H2,1-2H3. The Morgan fingerprint density at radius 1 is 0.960 bits per heavy atom. The van der Waals surface area contributed by atoms with Crippen molar-refractivity contribution in [3.8, 4) is 5.75 Å². The first-order chi connectivity index (χ1) is 12.2. The van der Waals surface area contributed by atoms with Gasteiger partial charge < -0.3 is 9.84 Å². The molecule has 0 aliphatic heterocycles. The number of rotatable bonds is 7. The third-order valence-electron chi connectivity index (χ3n) is 4.67. The van der Waals surface area contributed by atoms with Gasteiger partial charge in [0.15, 0.2) is 0 Å². The van der Waals surface area contributed by atoms with Gasteiger partial charge in [-0.05, 0) is 53.6 Å². The first-order valence-electron chi connectivity index (χ1n) is 8.64. The molecule has 0 aromatic heterocycles. The highest BCUT2D eigenvalue weighted by Gasteiger charge is 2.17. The number of benzene rings is 3. The Hall–Kier alpha value is -2.36. The summed E-state index contributed by atoms with van der Waals surface area (Å²) in [6, 6.07) is 23.2. The van der Waals surface area contributed by atoms with Gasteiger partial charge in [0.2, 0.25) is 0 Å². The summed E-state index contributed by atoms with van der Waals surface area (Å²) in [6.45, 7) is 1.02. The van der Waals surface area contributed by atoms with Crippen LogP contribution in [-0.2, 0) is 6.54 Å². The first-order valence-corrected chi connectivity index (χ1v) is 8.64. The third kappa shape index (κ3) is 4.19. The second kappa shape index (κ2) is 8.15. The molecule has 3 aromatic carbocycles. The highest BCUT2D eigenvalue weighted by Crippen LogP contribution is 2.29. The molecule has 3 rings (SSSR count). The zero-order valence-corrected chi connectivity index (χ0v) is 14.9. The van der Waals surface area contributed by atoms with Gasteiger partial charge in [-0.2, -0.15) is 0 Å². The van der Waals surface area contributed by atoms with Crippen LogP contribution in [0.5, 0.6) is 5.75 Å². The molecule has 1 N–H and O–H groups in total. The Morgan fingerprint density at radius 2 is 1.68 bits per heavy atom. The number of methoxy groups -OCH3 is 1. The van der Waals surface area contributed by atoms with Crippen molar-refractivity contribution in [3.63, 3.8) is 0 Å². The molecule has 0 spiro atoms. The number of nitrogens with zero attached hydrogens (tertiary/aromatic N) is 1. The zero-order chi connectivity index (χ0) is 17.6. The van der Waals surface area contributed by atoms with Crippen molar-refractivity contribution >= 4 is 10.8 Å². The second-order valence-electron chi connectivity index (χ2n) is 6.40. The molecule has 0 bridgehead atoms. The lowest BCUT2D eigenvalue weighted by Crippen LogP contribution is -2.25. The van der Waals surface area contributed by atoms with Crippen LogP contribution in [-0.4, -0.2) is 30.8 Å². The predicted molar refractivity (Wildman–Crippen MR) is 103 cm³/mol. The molecule has 0 aliphatic carbocycles. The van der Waals surface area contributed by atoms with Crippen LogP contribution in [0.4, 0.5) is 0 Å². The van der Waals surface area contributed by atoms with E-state index in [9.17, 15) is 5.11 Å². The summed E-state index contributed by atoms with van der Waals surface area (Å²) in [6.07, 6.45) is 0.713. The van der Waals surface area contributed by atoms with Crippen LogP contribution in [0.15, 0.2) is 66.7 Å². The molecule has 130 valence electrons.